The molecule has 3 unspecified atom stereocenters. The van der Waals surface area contributed by atoms with Crippen LogP contribution in [0.15, 0.2) is 12.2 Å². The van der Waals surface area contributed by atoms with Crippen molar-refractivity contribution in [3.8, 4) is 0 Å². The van der Waals surface area contributed by atoms with Crippen molar-refractivity contribution in [2.45, 2.75) is 173 Å². The molecule has 4 aliphatic carbocycles. The second kappa shape index (κ2) is 41.2. The topological polar surface area (TPSA) is 174 Å². The van der Waals surface area contributed by atoms with Crippen molar-refractivity contribution in [1.82, 2.24) is 0 Å². The van der Waals surface area contributed by atoms with Gasteiger partial charge in [-0.25, -0.2) is 0 Å². The first-order chi connectivity index (χ1) is 26.7. The molecule has 10 heteroatoms. The number of ether oxygens (including phenoxy) is 2. The molecule has 0 spiro atoms. The van der Waals surface area contributed by atoms with Gasteiger partial charge in [-0.2, -0.15) is 0 Å². The number of carbonyl (C=O) groups excluding carboxylic acids is 2. The average molecular weight is 821 g/mol. The van der Waals surface area contributed by atoms with Crippen molar-refractivity contribution in [3.63, 3.8) is 0 Å². The summed E-state index contributed by atoms with van der Waals surface area (Å²) in [6.45, 7) is 30.7. The lowest BCUT2D eigenvalue weighted by molar-refractivity contribution is -0.142. The Morgan fingerprint density at radius 1 is 0.667 bits per heavy atom. The lowest BCUT2D eigenvalue weighted by Crippen LogP contribution is -2.07. The Bertz CT molecular complexity index is 873. The van der Waals surface area contributed by atoms with Gasteiger partial charge in [0, 0.05) is 53.5 Å². The van der Waals surface area contributed by atoms with Crippen LogP contribution >= 0.6 is 0 Å². The van der Waals surface area contributed by atoms with Gasteiger partial charge in [0.05, 0.1) is 13.2 Å². The lowest BCUT2D eigenvalue weighted by Gasteiger charge is -2.09. The quantitative estimate of drug-likeness (QED) is 0.0578. The number of aliphatic hydroxyl groups is 6. The van der Waals surface area contributed by atoms with Crippen molar-refractivity contribution in [1.29, 1.82) is 0 Å². The Balaban J connectivity index is -0.000000283. The zero-order valence-corrected chi connectivity index (χ0v) is 39.2. The molecule has 57 heavy (non-hydrogen) atoms. The zero-order chi connectivity index (χ0) is 44.8. The van der Waals surface area contributed by atoms with Crippen LogP contribution < -0.4 is 0 Å². The average Bonchev–Trinajstić information content (AvgIpc) is 3.89. The number of aliphatic hydroxyl groups excluding tert-OH is 6. The third-order valence-corrected chi connectivity index (χ3v) is 10.0. The fourth-order valence-corrected chi connectivity index (χ4v) is 4.16. The Morgan fingerprint density at radius 2 is 1.12 bits per heavy atom. The summed E-state index contributed by atoms with van der Waals surface area (Å²) in [6, 6.07) is 0. The Kier molecular flexibility index (Phi) is 44.9. The molecule has 3 atom stereocenters. The number of carbonyl (C=O) groups is 2. The maximum atomic E-state index is 10.2. The van der Waals surface area contributed by atoms with Crippen molar-refractivity contribution in [2.75, 3.05) is 52.9 Å². The van der Waals surface area contributed by atoms with Gasteiger partial charge in [-0.1, -0.05) is 93.6 Å². The molecule has 0 aromatic heterocycles. The lowest BCUT2D eigenvalue weighted by atomic mass is 10.00. The molecule has 4 rings (SSSR count). The monoisotopic (exact) mass is 821 g/mol. The minimum Gasteiger partial charge on any atom is -0.466 e. The van der Waals surface area contributed by atoms with E-state index >= 15 is 0 Å². The van der Waals surface area contributed by atoms with Gasteiger partial charge in [-0.3, -0.25) is 9.59 Å². The molecule has 4 fully saturated rings. The normalized spacial score (nSPS) is 18.1. The molecule has 4 saturated carbocycles. The molecule has 10 nitrogen and oxygen atoms in total. The van der Waals surface area contributed by atoms with E-state index in [2.05, 4.69) is 62.0 Å². The SMILES string of the molecule is C=C(C)CCO.CC(=O)OCCC(C)C.CC(=O)OCCC1CC1.CC(C)C(C)CO.CC(C)CCO.CC1(CCO)CC1.CC1CC1CCO.OCCC1CC1. The van der Waals surface area contributed by atoms with E-state index in [-0.39, 0.29) is 18.5 Å². The zero-order valence-electron chi connectivity index (χ0n) is 39.2. The van der Waals surface area contributed by atoms with E-state index in [0.29, 0.717) is 75.3 Å². The third-order valence-electron chi connectivity index (χ3n) is 10.0. The number of esters is 2. The van der Waals surface area contributed by atoms with Crippen LogP contribution in [0.3, 0.4) is 0 Å². The molecule has 0 amide bonds. The van der Waals surface area contributed by atoms with E-state index in [1.54, 1.807) is 0 Å². The Hall–Kier alpha value is -1.56. The summed E-state index contributed by atoms with van der Waals surface area (Å²) < 4.78 is 9.47. The van der Waals surface area contributed by atoms with Gasteiger partial charge in [-0.15, -0.1) is 6.58 Å². The second-order valence-corrected chi connectivity index (χ2v) is 18.1. The Labute approximate surface area is 351 Å². The largest absolute Gasteiger partial charge is 0.466 e. The van der Waals surface area contributed by atoms with E-state index in [9.17, 15) is 9.59 Å². The van der Waals surface area contributed by atoms with E-state index in [4.69, 9.17) is 40.1 Å². The van der Waals surface area contributed by atoms with Crippen LogP contribution in [0.5, 0.6) is 0 Å². The minimum absolute atomic E-state index is 0.157. The molecule has 0 bridgehead atoms. The summed E-state index contributed by atoms with van der Waals surface area (Å²) in [6.07, 6.45) is 16.2. The maximum Gasteiger partial charge on any atom is 0.302 e. The van der Waals surface area contributed by atoms with Gasteiger partial charge in [-0.05, 0) is 124 Å². The van der Waals surface area contributed by atoms with Crippen LogP contribution in [0.4, 0.5) is 0 Å². The first kappa shape index (κ1) is 62.1. The standard InChI is InChI=1S/C7H12O2.C7H14O2.2C6H12O.C6H14O.C5H10O.C5H12O.C5H10O/c1-6(8)9-5-4-7-2-3-7;1-6(2)4-5-9-7(3)8;1-6(2-3-6)4-5-7;1-5-4-6(5)2-3-7;1-5(2)6(3)4-7;6-4-3-5-1-2-5;2*1-5(2)3-4-6/h7H,2-5H2,1H3;6H,4-5H2,1-3H3;7H,2-5H2,1H3;5-7H,2-4H2,1H3;5-7H,4H2,1-3H3;5-6H,1-4H2;5-6H,3-4H2,1-2H3;6H,1,3-4H2,2H3. The molecule has 0 radical (unpaired) electrons. The van der Waals surface area contributed by atoms with E-state index in [1.807, 2.05) is 13.8 Å². The predicted molar refractivity (Wildman–Crippen MR) is 237 cm³/mol. The highest BCUT2D eigenvalue weighted by atomic mass is 16.5. The van der Waals surface area contributed by atoms with Crippen molar-refractivity contribution in [3.05, 3.63) is 12.2 Å². The van der Waals surface area contributed by atoms with Crippen LogP contribution in [0.2, 0.25) is 0 Å². The van der Waals surface area contributed by atoms with E-state index < -0.39 is 0 Å². The third kappa shape index (κ3) is 61.2. The molecule has 0 aliphatic heterocycles. The molecule has 6 N–H and O–H groups in total. The van der Waals surface area contributed by atoms with E-state index in [1.165, 1.54) is 58.8 Å². The molecule has 344 valence electrons. The first-order valence-electron chi connectivity index (χ1n) is 22.2. The molecule has 4 aliphatic rings. The summed E-state index contributed by atoms with van der Waals surface area (Å²) in [5.74, 6) is 5.53. The highest BCUT2D eigenvalue weighted by Gasteiger charge is 2.36. The van der Waals surface area contributed by atoms with Crippen molar-refractivity contribution >= 4 is 11.9 Å². The number of rotatable bonds is 18. The van der Waals surface area contributed by atoms with Gasteiger partial charge in [0.15, 0.2) is 0 Å². The van der Waals surface area contributed by atoms with Crippen molar-refractivity contribution < 1.29 is 49.7 Å². The highest BCUT2D eigenvalue weighted by molar-refractivity contribution is 5.66. The molecule has 0 heterocycles. The fraction of sp³-hybridized carbons (Fsp3) is 0.915. The van der Waals surface area contributed by atoms with Crippen molar-refractivity contribution in [2.24, 2.45) is 52.8 Å². The first-order valence-corrected chi connectivity index (χ1v) is 22.2. The minimum atomic E-state index is -0.185. The summed E-state index contributed by atoms with van der Waals surface area (Å²) >= 11 is 0. The Morgan fingerprint density at radius 3 is 1.30 bits per heavy atom. The maximum absolute atomic E-state index is 10.2. The summed E-state index contributed by atoms with van der Waals surface area (Å²) in [4.78, 5) is 20.4. The van der Waals surface area contributed by atoms with Crippen LogP contribution in [0.25, 0.3) is 0 Å². The van der Waals surface area contributed by atoms with Gasteiger partial charge in [0.2, 0.25) is 0 Å². The van der Waals surface area contributed by atoms with Crippen LogP contribution in [0, 0.1) is 52.8 Å². The highest BCUT2D eigenvalue weighted by Crippen LogP contribution is 2.47. The predicted octanol–water partition coefficient (Wildman–Crippen LogP) is 9.16. The molecule has 0 aromatic rings. The van der Waals surface area contributed by atoms with Gasteiger partial charge in [0.1, 0.15) is 0 Å². The molecular weight excluding hydrogens is 725 g/mol. The van der Waals surface area contributed by atoms with E-state index in [0.717, 1.165) is 74.2 Å². The summed E-state index contributed by atoms with van der Waals surface area (Å²) in [5.41, 5.74) is 1.59. The molecule has 0 saturated heterocycles. The fourth-order valence-electron chi connectivity index (χ4n) is 4.16. The number of hydrogen-bond donors (Lipinski definition) is 6. The van der Waals surface area contributed by atoms with Crippen LogP contribution in [-0.4, -0.2) is 95.4 Å². The smallest absolute Gasteiger partial charge is 0.302 e. The molecular formula is C47H96O10. The number of hydrogen-bond acceptors (Lipinski definition) is 10. The van der Waals surface area contributed by atoms with Gasteiger partial charge < -0.3 is 40.1 Å². The second-order valence-electron chi connectivity index (χ2n) is 18.1. The van der Waals surface area contributed by atoms with Crippen LogP contribution in [0.1, 0.15) is 173 Å². The summed E-state index contributed by atoms with van der Waals surface area (Å²) in [7, 11) is 0. The van der Waals surface area contributed by atoms with Gasteiger partial charge in [0.25, 0.3) is 0 Å². The van der Waals surface area contributed by atoms with Gasteiger partial charge >= 0.3 is 11.9 Å². The van der Waals surface area contributed by atoms with Crippen LogP contribution in [-0.2, 0) is 19.1 Å². The summed E-state index contributed by atoms with van der Waals surface area (Å²) in [5, 5.41) is 50.0. The molecule has 0 aromatic carbocycles.